The first-order valence-corrected chi connectivity index (χ1v) is 6.28. The average molecular weight is 246 g/mol. The molecule has 0 saturated heterocycles. The molecule has 1 atom stereocenters. The van der Waals surface area contributed by atoms with E-state index in [0.29, 0.717) is 0 Å². The lowest BCUT2D eigenvalue weighted by atomic mass is 10.2. The van der Waals surface area contributed by atoms with Crippen molar-refractivity contribution in [2.45, 2.75) is 19.9 Å². The molecule has 0 aromatic heterocycles. The summed E-state index contributed by atoms with van der Waals surface area (Å²) in [4.78, 5) is 0. The van der Waals surface area contributed by atoms with E-state index < -0.39 is 11.6 Å². The summed E-state index contributed by atoms with van der Waals surface area (Å²) >= 11 is 1.72. The Labute approximate surface area is 98.6 Å². The van der Waals surface area contributed by atoms with E-state index in [2.05, 4.69) is 5.32 Å². The van der Waals surface area contributed by atoms with Gasteiger partial charge in [0.15, 0.2) is 11.6 Å². The first kappa shape index (κ1) is 13.1. The number of benzene rings is 1. The van der Waals surface area contributed by atoms with Crippen LogP contribution in [0.2, 0.25) is 0 Å². The molecule has 0 heterocycles. The molecule has 2 nitrogen and oxygen atoms in total. The first-order chi connectivity index (χ1) is 7.54. The van der Waals surface area contributed by atoms with Crippen molar-refractivity contribution in [3.63, 3.8) is 0 Å². The van der Waals surface area contributed by atoms with Gasteiger partial charge in [-0.2, -0.15) is 11.8 Å². The van der Waals surface area contributed by atoms with Gasteiger partial charge in [-0.1, -0.05) is 6.92 Å². The van der Waals surface area contributed by atoms with E-state index in [0.717, 1.165) is 23.6 Å². The molecule has 1 aromatic carbocycles. The number of nitrogens with two attached hydrogens (primary N) is 1. The second-order valence-electron chi connectivity index (χ2n) is 3.56. The molecule has 0 spiro atoms. The zero-order valence-electron chi connectivity index (χ0n) is 9.39. The summed E-state index contributed by atoms with van der Waals surface area (Å²) < 4.78 is 26.8. The van der Waals surface area contributed by atoms with Crippen molar-refractivity contribution in [3.05, 3.63) is 23.8 Å². The van der Waals surface area contributed by atoms with E-state index >= 15 is 0 Å². The van der Waals surface area contributed by atoms with Crippen LogP contribution in [0.1, 0.15) is 13.8 Å². The lowest BCUT2D eigenvalue weighted by molar-refractivity contribution is 0.586. The number of nitrogens with one attached hydrogen (secondary N) is 1. The van der Waals surface area contributed by atoms with Crippen LogP contribution in [0.3, 0.4) is 0 Å². The SMILES string of the molecule is CCSCC(C)Nc1c(F)cc(N)cc1F. The maximum atomic E-state index is 13.4. The fourth-order valence-corrected chi connectivity index (χ4v) is 1.99. The molecule has 3 N–H and O–H groups in total. The summed E-state index contributed by atoms with van der Waals surface area (Å²) in [5.41, 5.74) is 5.32. The van der Waals surface area contributed by atoms with Gasteiger partial charge >= 0.3 is 0 Å². The minimum absolute atomic E-state index is 0.0116. The van der Waals surface area contributed by atoms with E-state index in [-0.39, 0.29) is 17.4 Å². The zero-order chi connectivity index (χ0) is 12.1. The van der Waals surface area contributed by atoms with Crippen LogP contribution in [0, 0.1) is 11.6 Å². The van der Waals surface area contributed by atoms with Gasteiger partial charge in [0.05, 0.1) is 0 Å². The highest BCUT2D eigenvalue weighted by Gasteiger charge is 2.12. The van der Waals surface area contributed by atoms with Crippen LogP contribution in [-0.2, 0) is 0 Å². The topological polar surface area (TPSA) is 38.0 Å². The van der Waals surface area contributed by atoms with E-state index in [1.54, 1.807) is 11.8 Å². The van der Waals surface area contributed by atoms with Gasteiger partial charge in [0.2, 0.25) is 0 Å². The van der Waals surface area contributed by atoms with Gasteiger partial charge in [-0.05, 0) is 24.8 Å². The number of thioether (sulfide) groups is 1. The molecule has 1 unspecified atom stereocenters. The van der Waals surface area contributed by atoms with E-state index in [1.807, 2.05) is 13.8 Å². The van der Waals surface area contributed by atoms with Crippen molar-refractivity contribution in [1.82, 2.24) is 0 Å². The molecule has 0 saturated carbocycles. The summed E-state index contributed by atoms with van der Waals surface area (Å²) in [7, 11) is 0. The van der Waals surface area contributed by atoms with E-state index in [1.165, 1.54) is 0 Å². The third-order valence-corrected chi connectivity index (χ3v) is 3.17. The summed E-state index contributed by atoms with van der Waals surface area (Å²) in [5.74, 6) is 0.495. The highest BCUT2D eigenvalue weighted by atomic mass is 32.2. The van der Waals surface area contributed by atoms with Gasteiger partial charge in [-0.15, -0.1) is 0 Å². The van der Waals surface area contributed by atoms with Crippen molar-refractivity contribution in [2.75, 3.05) is 22.6 Å². The third-order valence-electron chi connectivity index (χ3n) is 2.03. The van der Waals surface area contributed by atoms with Crippen molar-refractivity contribution < 1.29 is 8.78 Å². The second-order valence-corrected chi connectivity index (χ2v) is 4.88. The van der Waals surface area contributed by atoms with Crippen LogP contribution < -0.4 is 11.1 Å². The van der Waals surface area contributed by atoms with Gasteiger partial charge in [0, 0.05) is 17.5 Å². The van der Waals surface area contributed by atoms with E-state index in [4.69, 9.17) is 5.73 Å². The molecule has 1 aromatic rings. The first-order valence-electron chi connectivity index (χ1n) is 5.13. The Bertz CT molecular complexity index is 335. The predicted molar refractivity (Wildman–Crippen MR) is 66.9 cm³/mol. The molecule has 0 aliphatic rings. The lowest BCUT2D eigenvalue weighted by Crippen LogP contribution is -2.20. The van der Waals surface area contributed by atoms with Crippen molar-refractivity contribution in [3.8, 4) is 0 Å². The van der Waals surface area contributed by atoms with Gasteiger partial charge in [-0.3, -0.25) is 0 Å². The number of nitrogen functional groups attached to an aromatic ring is 1. The van der Waals surface area contributed by atoms with Crippen LogP contribution in [0.4, 0.5) is 20.2 Å². The molecular weight excluding hydrogens is 230 g/mol. The summed E-state index contributed by atoms with van der Waals surface area (Å²) in [5, 5.41) is 2.81. The molecule has 0 amide bonds. The Balaban J connectivity index is 2.73. The van der Waals surface area contributed by atoms with Gasteiger partial charge in [0.25, 0.3) is 0 Å². The fraction of sp³-hybridized carbons (Fsp3) is 0.455. The highest BCUT2D eigenvalue weighted by molar-refractivity contribution is 7.99. The Kier molecular flexibility index (Phi) is 4.86. The van der Waals surface area contributed by atoms with Crippen molar-refractivity contribution in [1.29, 1.82) is 0 Å². The average Bonchev–Trinajstić information content (AvgIpc) is 2.20. The maximum absolute atomic E-state index is 13.4. The minimum Gasteiger partial charge on any atom is -0.399 e. The molecule has 0 radical (unpaired) electrons. The quantitative estimate of drug-likeness (QED) is 0.784. The molecule has 90 valence electrons. The molecule has 0 fully saturated rings. The van der Waals surface area contributed by atoms with Gasteiger partial charge < -0.3 is 11.1 Å². The molecule has 0 bridgehead atoms. The molecule has 1 rings (SSSR count). The normalized spacial score (nSPS) is 12.5. The van der Waals surface area contributed by atoms with Crippen molar-refractivity contribution in [2.24, 2.45) is 0 Å². The number of hydrogen-bond donors (Lipinski definition) is 2. The number of halogens is 2. The monoisotopic (exact) mass is 246 g/mol. The Morgan fingerprint density at radius 3 is 2.44 bits per heavy atom. The largest absolute Gasteiger partial charge is 0.399 e. The maximum Gasteiger partial charge on any atom is 0.151 e. The fourth-order valence-electron chi connectivity index (χ4n) is 1.31. The number of hydrogen-bond acceptors (Lipinski definition) is 3. The molecule has 0 aliphatic heterocycles. The number of rotatable bonds is 5. The smallest absolute Gasteiger partial charge is 0.151 e. The van der Waals surface area contributed by atoms with Gasteiger partial charge in [-0.25, -0.2) is 8.78 Å². The summed E-state index contributed by atoms with van der Waals surface area (Å²) in [6, 6.07) is 2.24. The Morgan fingerprint density at radius 1 is 1.38 bits per heavy atom. The van der Waals surface area contributed by atoms with Crippen LogP contribution in [-0.4, -0.2) is 17.5 Å². The minimum atomic E-state index is -0.647. The lowest BCUT2D eigenvalue weighted by Gasteiger charge is -2.16. The van der Waals surface area contributed by atoms with E-state index in [9.17, 15) is 8.78 Å². The predicted octanol–water partition coefficient (Wildman–Crippen LogP) is 3.10. The summed E-state index contributed by atoms with van der Waals surface area (Å²) in [6.45, 7) is 3.93. The second kappa shape index (κ2) is 5.94. The van der Waals surface area contributed by atoms with Crippen LogP contribution >= 0.6 is 11.8 Å². The van der Waals surface area contributed by atoms with Gasteiger partial charge in [0.1, 0.15) is 5.69 Å². The zero-order valence-corrected chi connectivity index (χ0v) is 10.2. The van der Waals surface area contributed by atoms with Crippen LogP contribution in [0.15, 0.2) is 12.1 Å². The third kappa shape index (κ3) is 3.56. The standard InChI is InChI=1S/C11H16F2N2S/c1-3-16-6-7(2)15-11-9(12)4-8(14)5-10(11)13/h4-5,7,15H,3,6,14H2,1-2H3. The molecule has 5 heteroatoms. The number of anilines is 2. The summed E-state index contributed by atoms with van der Waals surface area (Å²) in [6.07, 6.45) is 0. The van der Waals surface area contributed by atoms with Crippen LogP contribution in [0.5, 0.6) is 0 Å². The Morgan fingerprint density at radius 2 is 1.94 bits per heavy atom. The molecule has 0 aliphatic carbocycles. The Hall–Kier alpha value is -0.970. The molecular formula is C11H16F2N2S. The highest BCUT2D eigenvalue weighted by Crippen LogP contribution is 2.23. The molecule has 16 heavy (non-hydrogen) atoms. The van der Waals surface area contributed by atoms with Crippen molar-refractivity contribution >= 4 is 23.1 Å². The van der Waals surface area contributed by atoms with Crippen LogP contribution in [0.25, 0.3) is 0 Å².